The molecule has 6 heteroatoms. The van der Waals surface area contributed by atoms with E-state index in [2.05, 4.69) is 9.80 Å². The third kappa shape index (κ3) is 7.01. The molecule has 2 aromatic rings. The second-order valence-corrected chi connectivity index (χ2v) is 12.0. The fourth-order valence-corrected chi connectivity index (χ4v) is 6.94. The van der Waals surface area contributed by atoms with E-state index >= 15 is 0 Å². The standard InChI is InChI=1S/C32H42F2N2O2/c33-28-12-10-23(11-13-28)4-1-5-24-14-16-35(17-15-24)20-27-21-36(31(32(37)38)18-25-6-2-7-25)22-30(27)26-8-3-9-29(34)19-26/h3,8-13,19,24-25,27,30-31H,1-2,4-7,14-18,20-22H2,(H,37,38)/t27-,30+,31+/m0/s1. The van der Waals surface area contributed by atoms with Crippen molar-refractivity contribution >= 4 is 5.97 Å². The van der Waals surface area contributed by atoms with Crippen LogP contribution in [-0.4, -0.2) is 59.6 Å². The van der Waals surface area contributed by atoms with Gasteiger partial charge in [-0.2, -0.15) is 0 Å². The molecule has 1 N–H and O–H groups in total. The van der Waals surface area contributed by atoms with Crippen molar-refractivity contribution in [1.82, 2.24) is 9.80 Å². The maximum absolute atomic E-state index is 14.2. The van der Waals surface area contributed by atoms with E-state index in [4.69, 9.17) is 0 Å². The Bertz CT molecular complexity index is 1050. The summed E-state index contributed by atoms with van der Waals surface area (Å²) in [6, 6.07) is 13.4. The lowest BCUT2D eigenvalue weighted by atomic mass is 9.80. The van der Waals surface area contributed by atoms with Gasteiger partial charge in [0.05, 0.1) is 0 Å². The lowest BCUT2D eigenvalue weighted by Gasteiger charge is -2.35. The molecule has 0 amide bonds. The minimum Gasteiger partial charge on any atom is -0.480 e. The van der Waals surface area contributed by atoms with E-state index in [0.29, 0.717) is 18.4 Å². The molecule has 0 aromatic heterocycles. The summed E-state index contributed by atoms with van der Waals surface area (Å²) in [4.78, 5) is 17.0. The van der Waals surface area contributed by atoms with Crippen LogP contribution < -0.4 is 0 Å². The highest BCUT2D eigenvalue weighted by Gasteiger charge is 2.41. The van der Waals surface area contributed by atoms with E-state index in [-0.39, 0.29) is 17.6 Å². The van der Waals surface area contributed by atoms with Crippen LogP contribution in [0.1, 0.15) is 68.4 Å². The highest BCUT2D eigenvalue weighted by Crippen LogP contribution is 2.38. The van der Waals surface area contributed by atoms with Gasteiger partial charge >= 0.3 is 5.97 Å². The summed E-state index contributed by atoms with van der Waals surface area (Å²) in [6.45, 7) is 4.53. The first-order chi connectivity index (χ1) is 18.4. The Labute approximate surface area is 226 Å². The second-order valence-electron chi connectivity index (χ2n) is 12.0. The lowest BCUT2D eigenvalue weighted by molar-refractivity contribution is -0.144. The first-order valence-corrected chi connectivity index (χ1v) is 14.6. The van der Waals surface area contributed by atoms with Gasteiger partial charge in [0.25, 0.3) is 0 Å². The van der Waals surface area contributed by atoms with Gasteiger partial charge in [-0.3, -0.25) is 9.69 Å². The van der Waals surface area contributed by atoms with Crippen molar-refractivity contribution in [3.05, 3.63) is 71.3 Å². The summed E-state index contributed by atoms with van der Waals surface area (Å²) < 4.78 is 27.3. The molecule has 3 atom stereocenters. The molecule has 2 saturated heterocycles. The Balaban J connectivity index is 1.16. The molecule has 5 rings (SSSR count). The van der Waals surface area contributed by atoms with Gasteiger partial charge in [0, 0.05) is 25.6 Å². The van der Waals surface area contributed by atoms with Crippen molar-refractivity contribution in [2.24, 2.45) is 17.8 Å². The molecule has 4 nitrogen and oxygen atoms in total. The van der Waals surface area contributed by atoms with Gasteiger partial charge in [-0.1, -0.05) is 49.9 Å². The number of aliphatic carboxylic acids is 1. The molecule has 2 aromatic carbocycles. The summed E-state index contributed by atoms with van der Waals surface area (Å²) in [5.41, 5.74) is 2.20. The van der Waals surface area contributed by atoms with Crippen LogP contribution in [0.3, 0.4) is 0 Å². The molecule has 3 aliphatic rings. The zero-order valence-electron chi connectivity index (χ0n) is 22.4. The largest absolute Gasteiger partial charge is 0.480 e. The summed E-state index contributed by atoms with van der Waals surface area (Å²) >= 11 is 0. The zero-order chi connectivity index (χ0) is 26.5. The van der Waals surface area contributed by atoms with Gasteiger partial charge < -0.3 is 10.0 Å². The average molecular weight is 525 g/mol. The summed E-state index contributed by atoms with van der Waals surface area (Å²) in [5, 5.41) is 10.1. The number of carboxylic acid groups (broad SMARTS) is 1. The highest BCUT2D eigenvalue weighted by atomic mass is 19.1. The summed E-state index contributed by atoms with van der Waals surface area (Å²) in [6.07, 6.45) is 9.95. The van der Waals surface area contributed by atoms with Crippen molar-refractivity contribution in [3.63, 3.8) is 0 Å². The predicted molar refractivity (Wildman–Crippen MR) is 146 cm³/mol. The average Bonchev–Trinajstić information content (AvgIpc) is 3.28. The number of hydrogen-bond donors (Lipinski definition) is 1. The Kier molecular flexibility index (Phi) is 9.11. The molecule has 38 heavy (non-hydrogen) atoms. The Morgan fingerprint density at radius 1 is 0.947 bits per heavy atom. The first kappa shape index (κ1) is 27.3. The number of carbonyl (C=O) groups is 1. The fourth-order valence-electron chi connectivity index (χ4n) is 6.94. The molecule has 1 aliphatic carbocycles. The van der Waals surface area contributed by atoms with Crippen molar-refractivity contribution < 1.29 is 18.7 Å². The number of benzene rings is 2. The molecule has 1 saturated carbocycles. The van der Waals surface area contributed by atoms with Gasteiger partial charge in [0.1, 0.15) is 17.7 Å². The maximum atomic E-state index is 14.2. The topological polar surface area (TPSA) is 43.8 Å². The van der Waals surface area contributed by atoms with Crippen LogP contribution in [0.2, 0.25) is 0 Å². The van der Waals surface area contributed by atoms with Gasteiger partial charge in [-0.25, -0.2) is 8.78 Å². The quantitative estimate of drug-likeness (QED) is 0.372. The molecular formula is C32H42F2N2O2. The zero-order valence-corrected chi connectivity index (χ0v) is 22.4. The number of aryl methyl sites for hydroxylation is 1. The molecule has 0 bridgehead atoms. The lowest BCUT2D eigenvalue weighted by Crippen LogP contribution is -2.43. The molecule has 0 radical (unpaired) electrons. The van der Waals surface area contributed by atoms with E-state index < -0.39 is 12.0 Å². The van der Waals surface area contributed by atoms with E-state index in [0.717, 1.165) is 69.8 Å². The minimum absolute atomic E-state index is 0.155. The van der Waals surface area contributed by atoms with Crippen LogP contribution in [0.5, 0.6) is 0 Å². The normalized spacial score (nSPS) is 24.4. The third-order valence-corrected chi connectivity index (χ3v) is 9.44. The van der Waals surface area contributed by atoms with Gasteiger partial charge in [-0.15, -0.1) is 0 Å². The SMILES string of the molecule is O=C(O)[C@@H](CC1CCC1)N1C[C@H](CN2CCC(CCCc3ccc(F)cc3)CC2)[C@@H](c2cccc(F)c2)C1. The molecule has 0 spiro atoms. The van der Waals surface area contributed by atoms with Crippen molar-refractivity contribution in [2.45, 2.75) is 69.7 Å². The fraction of sp³-hybridized carbons (Fsp3) is 0.594. The minimum atomic E-state index is -0.711. The van der Waals surface area contributed by atoms with E-state index in [1.807, 2.05) is 18.2 Å². The molecule has 2 aliphatic heterocycles. The van der Waals surface area contributed by atoms with Crippen LogP contribution in [0.15, 0.2) is 48.5 Å². The van der Waals surface area contributed by atoms with Crippen LogP contribution >= 0.6 is 0 Å². The van der Waals surface area contributed by atoms with Crippen LogP contribution in [0.25, 0.3) is 0 Å². The third-order valence-electron chi connectivity index (χ3n) is 9.44. The maximum Gasteiger partial charge on any atom is 0.320 e. The van der Waals surface area contributed by atoms with Crippen molar-refractivity contribution in [2.75, 3.05) is 32.7 Å². The smallest absolute Gasteiger partial charge is 0.320 e. The van der Waals surface area contributed by atoms with Gasteiger partial charge in [0.2, 0.25) is 0 Å². The van der Waals surface area contributed by atoms with E-state index in [1.54, 1.807) is 24.3 Å². The number of nitrogens with zero attached hydrogens (tertiary/aromatic N) is 2. The number of likely N-dealkylation sites (tertiary alicyclic amines) is 2. The number of hydrogen-bond acceptors (Lipinski definition) is 3. The molecule has 0 unspecified atom stereocenters. The number of rotatable bonds is 11. The van der Waals surface area contributed by atoms with Gasteiger partial charge in [-0.05, 0) is 98.3 Å². The highest BCUT2D eigenvalue weighted by molar-refractivity contribution is 5.73. The Morgan fingerprint density at radius 3 is 2.37 bits per heavy atom. The molecule has 3 fully saturated rings. The summed E-state index contributed by atoms with van der Waals surface area (Å²) in [5.74, 6) is 0.609. The second kappa shape index (κ2) is 12.7. The van der Waals surface area contributed by atoms with Gasteiger partial charge in [0.15, 0.2) is 0 Å². The number of piperidine rings is 1. The van der Waals surface area contributed by atoms with Crippen LogP contribution in [0.4, 0.5) is 8.78 Å². The number of carboxylic acids is 1. The Hall–Kier alpha value is -2.31. The Morgan fingerprint density at radius 2 is 1.71 bits per heavy atom. The van der Waals surface area contributed by atoms with E-state index in [9.17, 15) is 18.7 Å². The monoisotopic (exact) mass is 524 g/mol. The van der Waals surface area contributed by atoms with Crippen molar-refractivity contribution in [1.29, 1.82) is 0 Å². The number of halogens is 2. The molecule has 206 valence electrons. The first-order valence-electron chi connectivity index (χ1n) is 14.6. The predicted octanol–water partition coefficient (Wildman–Crippen LogP) is 6.36. The van der Waals surface area contributed by atoms with Crippen LogP contribution in [-0.2, 0) is 11.2 Å². The molecular weight excluding hydrogens is 482 g/mol. The van der Waals surface area contributed by atoms with E-state index in [1.165, 1.54) is 37.3 Å². The summed E-state index contributed by atoms with van der Waals surface area (Å²) in [7, 11) is 0. The van der Waals surface area contributed by atoms with Crippen molar-refractivity contribution in [3.8, 4) is 0 Å². The molecule has 2 heterocycles. The van der Waals surface area contributed by atoms with Crippen LogP contribution in [0, 0.1) is 29.4 Å².